The summed E-state index contributed by atoms with van der Waals surface area (Å²) in [6, 6.07) is 0.372. The van der Waals surface area contributed by atoms with Crippen LogP contribution in [0.5, 0.6) is 0 Å². The topological polar surface area (TPSA) is 94.7 Å². The summed E-state index contributed by atoms with van der Waals surface area (Å²) in [6.45, 7) is 4.52. The Morgan fingerprint density at radius 3 is 2.59 bits per heavy atom. The Balaban J connectivity index is 1.15. The van der Waals surface area contributed by atoms with Crippen LogP contribution in [-0.4, -0.2) is 96.2 Å². The van der Waals surface area contributed by atoms with Crippen molar-refractivity contribution in [3.8, 4) is 0 Å². The lowest BCUT2D eigenvalue weighted by Crippen LogP contribution is -2.57. The summed E-state index contributed by atoms with van der Waals surface area (Å²) in [5.41, 5.74) is -0.356. The number of methoxy groups -OCH3 is 1. The fourth-order valence-corrected chi connectivity index (χ4v) is 9.40. The summed E-state index contributed by atoms with van der Waals surface area (Å²) in [7, 11) is 1.72. The molecule has 4 aliphatic heterocycles. The van der Waals surface area contributed by atoms with E-state index < -0.39 is 23.6 Å². The summed E-state index contributed by atoms with van der Waals surface area (Å²) in [4.78, 5) is 28.5. The minimum atomic E-state index is -2.50. The molecule has 0 aromatic carbocycles. The first-order chi connectivity index (χ1) is 18.6. The summed E-state index contributed by atoms with van der Waals surface area (Å²) in [5.74, 6) is -1.17. The van der Waals surface area contributed by atoms with Crippen molar-refractivity contribution >= 4 is 46.8 Å². The van der Waals surface area contributed by atoms with Gasteiger partial charge in [0.2, 0.25) is 18.2 Å². The van der Waals surface area contributed by atoms with E-state index in [1.165, 1.54) is 0 Å². The van der Waals surface area contributed by atoms with E-state index in [0.717, 1.165) is 12.8 Å². The molecule has 0 spiro atoms. The molecule has 4 saturated heterocycles. The summed E-state index contributed by atoms with van der Waals surface area (Å²) >= 11 is 14.2. The van der Waals surface area contributed by atoms with Crippen LogP contribution in [0.25, 0.3) is 0 Å². The fraction of sp³-hybridized carbons (Fsp3) is 0.923. The van der Waals surface area contributed by atoms with Crippen LogP contribution < -0.4 is 21.3 Å². The van der Waals surface area contributed by atoms with Crippen LogP contribution in [0.15, 0.2) is 0 Å². The quantitative estimate of drug-likeness (QED) is 0.271. The zero-order chi connectivity index (χ0) is 27.8. The van der Waals surface area contributed by atoms with Gasteiger partial charge in [-0.2, -0.15) is 0 Å². The second-order valence-corrected chi connectivity index (χ2v) is 14.4. The van der Waals surface area contributed by atoms with Crippen molar-refractivity contribution in [3.05, 3.63) is 0 Å². The highest BCUT2D eigenvalue weighted by Crippen LogP contribution is 2.40. The average Bonchev–Trinajstić information content (AvgIpc) is 3.47. The van der Waals surface area contributed by atoms with Crippen LogP contribution in [0.1, 0.15) is 39.0 Å². The Hall–Kier alpha value is -0.430. The van der Waals surface area contributed by atoms with Crippen LogP contribution in [0.4, 0.5) is 8.78 Å². The van der Waals surface area contributed by atoms with Gasteiger partial charge in [-0.15, -0.1) is 35.0 Å². The normalized spacial score (nSPS) is 44.8. The number of carbonyl (C=O) groups excluding carboxylic acids is 2. The van der Waals surface area contributed by atoms with Crippen LogP contribution in [0.2, 0.25) is 0 Å². The number of fused-ring (bicyclic) bond motifs is 1. The van der Waals surface area contributed by atoms with E-state index in [9.17, 15) is 18.4 Å². The van der Waals surface area contributed by atoms with Gasteiger partial charge in [0, 0.05) is 67.8 Å². The summed E-state index contributed by atoms with van der Waals surface area (Å²) in [6.07, 6.45) is 0.310. The van der Waals surface area contributed by atoms with Gasteiger partial charge in [0.25, 0.3) is 0 Å². The van der Waals surface area contributed by atoms with Crippen LogP contribution >= 0.6 is 35.0 Å². The molecule has 13 heteroatoms. The molecule has 2 amide bonds. The zero-order valence-electron chi connectivity index (χ0n) is 22.5. The molecule has 0 bridgehead atoms. The van der Waals surface area contributed by atoms with E-state index in [0.29, 0.717) is 45.1 Å². The second kappa shape index (κ2) is 12.8. The molecular formula is C26H41Cl2F2N5O3S. The van der Waals surface area contributed by atoms with E-state index in [4.69, 9.17) is 27.9 Å². The highest BCUT2D eigenvalue weighted by Gasteiger charge is 2.48. The third-order valence-electron chi connectivity index (χ3n) is 9.53. The van der Waals surface area contributed by atoms with E-state index >= 15 is 0 Å². The van der Waals surface area contributed by atoms with Crippen molar-refractivity contribution in [2.24, 2.45) is 29.6 Å². The van der Waals surface area contributed by atoms with Gasteiger partial charge in [0.05, 0.1) is 17.5 Å². The van der Waals surface area contributed by atoms with Crippen molar-refractivity contribution in [2.75, 3.05) is 33.3 Å². The Morgan fingerprint density at radius 2 is 1.87 bits per heavy atom. The molecule has 0 aromatic rings. The van der Waals surface area contributed by atoms with Gasteiger partial charge in [0.1, 0.15) is 5.50 Å². The molecule has 8 nitrogen and oxygen atoms in total. The Morgan fingerprint density at radius 1 is 1.08 bits per heavy atom. The number of nitrogens with zero attached hydrogens (tertiary/aromatic N) is 1. The van der Waals surface area contributed by atoms with Crippen molar-refractivity contribution in [2.45, 2.75) is 85.3 Å². The first-order valence-corrected chi connectivity index (χ1v) is 16.0. The third-order valence-corrected chi connectivity index (χ3v) is 11.8. The average molecular weight is 613 g/mol. The fourth-order valence-electron chi connectivity index (χ4n) is 7.36. The molecule has 12 atom stereocenters. The van der Waals surface area contributed by atoms with Gasteiger partial charge in [-0.1, -0.05) is 0 Å². The van der Waals surface area contributed by atoms with E-state index in [1.54, 1.807) is 18.9 Å². The Labute approximate surface area is 243 Å². The Kier molecular flexibility index (Phi) is 9.89. The predicted molar refractivity (Wildman–Crippen MR) is 149 cm³/mol. The van der Waals surface area contributed by atoms with E-state index in [2.05, 4.69) is 28.2 Å². The van der Waals surface area contributed by atoms with Gasteiger partial charge >= 0.3 is 0 Å². The maximum atomic E-state index is 13.6. The van der Waals surface area contributed by atoms with Crippen LogP contribution in [0, 0.1) is 29.6 Å². The minimum Gasteiger partial charge on any atom is -0.380 e. The van der Waals surface area contributed by atoms with Crippen LogP contribution in [0.3, 0.4) is 0 Å². The number of piperidine rings is 2. The van der Waals surface area contributed by atoms with E-state index in [1.807, 2.05) is 4.90 Å². The minimum absolute atomic E-state index is 0.0166. The molecule has 1 aliphatic carbocycles. The lowest BCUT2D eigenvalue weighted by atomic mass is 9.70. The number of carbonyl (C=O) groups is 2. The molecule has 222 valence electrons. The number of likely N-dealkylation sites (tertiary alicyclic amines) is 1. The number of halogens is 4. The van der Waals surface area contributed by atoms with Crippen molar-refractivity contribution in [3.63, 3.8) is 0 Å². The molecular weight excluding hydrogens is 571 g/mol. The SMILES string of the molecule is COC1CNC(Cl)CC1C1CC(C)NCC1C(=O)NC1NC2CN(C(=O)C3CCC(Cl)C(C(F)F)C3)CC2S1. The monoisotopic (exact) mass is 611 g/mol. The number of nitrogens with one attached hydrogen (secondary N) is 4. The molecule has 12 unspecified atom stereocenters. The highest BCUT2D eigenvalue weighted by atomic mass is 35.5. The first-order valence-electron chi connectivity index (χ1n) is 14.2. The number of amides is 2. The molecule has 1 saturated carbocycles. The number of hydrogen-bond acceptors (Lipinski definition) is 7. The van der Waals surface area contributed by atoms with Gasteiger partial charge in [-0.25, -0.2) is 8.78 Å². The number of thioether (sulfide) groups is 1. The van der Waals surface area contributed by atoms with Crippen molar-refractivity contribution in [1.29, 1.82) is 0 Å². The maximum absolute atomic E-state index is 13.6. The third kappa shape index (κ3) is 6.65. The van der Waals surface area contributed by atoms with Gasteiger partial charge in [0.15, 0.2) is 0 Å². The van der Waals surface area contributed by atoms with E-state index in [-0.39, 0.29) is 64.4 Å². The molecule has 0 radical (unpaired) electrons. The molecule has 5 aliphatic rings. The molecule has 0 aromatic heterocycles. The second-order valence-electron chi connectivity index (χ2n) is 12.0. The largest absolute Gasteiger partial charge is 0.380 e. The van der Waals surface area contributed by atoms with Crippen molar-refractivity contribution in [1.82, 2.24) is 26.2 Å². The zero-order valence-corrected chi connectivity index (χ0v) is 24.8. The molecule has 4 heterocycles. The van der Waals surface area contributed by atoms with Gasteiger partial charge in [-0.05, 0) is 50.9 Å². The molecule has 39 heavy (non-hydrogen) atoms. The van der Waals surface area contributed by atoms with Gasteiger partial charge < -0.3 is 20.3 Å². The van der Waals surface area contributed by atoms with Crippen LogP contribution in [-0.2, 0) is 14.3 Å². The Bertz CT molecular complexity index is 883. The number of ether oxygens (including phenoxy) is 1. The lowest BCUT2D eigenvalue weighted by Gasteiger charge is -2.45. The number of rotatable bonds is 6. The lowest BCUT2D eigenvalue weighted by molar-refractivity contribution is -0.137. The highest BCUT2D eigenvalue weighted by molar-refractivity contribution is 8.00. The van der Waals surface area contributed by atoms with Crippen molar-refractivity contribution < 1.29 is 23.1 Å². The summed E-state index contributed by atoms with van der Waals surface area (Å²) in [5, 5.41) is 13.0. The summed E-state index contributed by atoms with van der Waals surface area (Å²) < 4.78 is 32.5. The molecule has 4 N–H and O–H groups in total. The van der Waals surface area contributed by atoms with Gasteiger partial charge in [-0.3, -0.25) is 20.2 Å². The standard InChI is InChI=1S/C26H41Cl2F2N5O3S/c1-12-5-14(15-7-22(28)32-9-20(15)38-2)17(8-31-12)24(36)34-26-33-19-10-35(11-21(19)39-26)25(37)13-3-4-18(27)16(6-13)23(29)30/h12-23,26,31-33H,3-11H2,1-2H3,(H,34,36). The first kappa shape index (κ1) is 30.0. The number of hydrogen-bond donors (Lipinski definition) is 4. The molecule has 5 fully saturated rings. The maximum Gasteiger partial charge on any atom is 0.242 e. The molecule has 5 rings (SSSR count). The smallest absolute Gasteiger partial charge is 0.242 e. The predicted octanol–water partition coefficient (Wildman–Crippen LogP) is 2.39. The number of alkyl halides is 4.